The second-order valence-corrected chi connectivity index (χ2v) is 4.06. The molecule has 1 atom stereocenters. The zero-order valence-electron chi connectivity index (χ0n) is 7.81. The molecule has 0 spiro atoms. The zero-order chi connectivity index (χ0) is 10.7. The molecule has 0 aliphatic rings. The number of benzene rings is 1. The SMILES string of the molecule is Cc1ccc(Br)c(C(CN)C(F)F)c1. The number of aryl methyl sites for hydroxylation is 1. The van der Waals surface area contributed by atoms with Crippen molar-refractivity contribution in [2.75, 3.05) is 6.54 Å². The maximum Gasteiger partial charge on any atom is 0.246 e. The minimum atomic E-state index is -2.42. The van der Waals surface area contributed by atoms with Crippen molar-refractivity contribution in [3.8, 4) is 0 Å². The molecular weight excluding hydrogens is 252 g/mol. The van der Waals surface area contributed by atoms with E-state index in [4.69, 9.17) is 5.73 Å². The van der Waals surface area contributed by atoms with Crippen molar-refractivity contribution in [2.45, 2.75) is 19.3 Å². The zero-order valence-corrected chi connectivity index (χ0v) is 9.39. The highest BCUT2D eigenvalue weighted by atomic mass is 79.9. The molecule has 4 heteroatoms. The summed E-state index contributed by atoms with van der Waals surface area (Å²) in [6, 6.07) is 5.39. The van der Waals surface area contributed by atoms with E-state index in [-0.39, 0.29) is 6.54 Å². The summed E-state index contributed by atoms with van der Waals surface area (Å²) in [5.74, 6) is -0.885. The number of halogens is 3. The molecule has 1 nitrogen and oxygen atoms in total. The topological polar surface area (TPSA) is 26.0 Å². The van der Waals surface area contributed by atoms with E-state index in [1.165, 1.54) is 0 Å². The number of rotatable bonds is 3. The molecule has 0 aromatic heterocycles. The van der Waals surface area contributed by atoms with Crippen molar-refractivity contribution in [1.29, 1.82) is 0 Å². The smallest absolute Gasteiger partial charge is 0.246 e. The normalized spacial score (nSPS) is 13.3. The molecule has 0 fully saturated rings. The molecule has 1 aromatic rings. The van der Waals surface area contributed by atoms with Gasteiger partial charge in [-0.1, -0.05) is 33.6 Å². The standard InChI is InChI=1S/C10H12BrF2N/c1-6-2-3-9(11)7(4-6)8(5-14)10(12)13/h2-4,8,10H,5,14H2,1H3. The quantitative estimate of drug-likeness (QED) is 0.892. The van der Waals surface area contributed by atoms with E-state index in [0.717, 1.165) is 5.56 Å². The lowest BCUT2D eigenvalue weighted by Gasteiger charge is -2.16. The van der Waals surface area contributed by atoms with Gasteiger partial charge >= 0.3 is 0 Å². The summed E-state index contributed by atoms with van der Waals surface area (Å²) in [7, 11) is 0. The molecule has 1 aromatic carbocycles. The maximum absolute atomic E-state index is 12.6. The monoisotopic (exact) mass is 263 g/mol. The lowest BCUT2D eigenvalue weighted by Crippen LogP contribution is -2.20. The van der Waals surface area contributed by atoms with Gasteiger partial charge in [0, 0.05) is 11.0 Å². The Morgan fingerprint density at radius 3 is 2.57 bits per heavy atom. The molecule has 1 unspecified atom stereocenters. The summed E-state index contributed by atoms with van der Waals surface area (Å²) in [4.78, 5) is 0. The lowest BCUT2D eigenvalue weighted by atomic mass is 9.98. The second-order valence-electron chi connectivity index (χ2n) is 3.20. The third kappa shape index (κ3) is 2.51. The van der Waals surface area contributed by atoms with Gasteiger partial charge in [0.25, 0.3) is 0 Å². The average molecular weight is 264 g/mol. The van der Waals surface area contributed by atoms with Gasteiger partial charge < -0.3 is 5.73 Å². The Labute approximate surface area is 90.4 Å². The second kappa shape index (κ2) is 4.84. The summed E-state index contributed by atoms with van der Waals surface area (Å²) < 4.78 is 25.9. The number of hydrogen-bond acceptors (Lipinski definition) is 1. The van der Waals surface area contributed by atoms with Crippen LogP contribution in [0.4, 0.5) is 8.78 Å². The van der Waals surface area contributed by atoms with Crippen LogP contribution in [0.25, 0.3) is 0 Å². The van der Waals surface area contributed by atoms with E-state index in [1.54, 1.807) is 12.1 Å². The van der Waals surface area contributed by atoms with Crippen LogP contribution in [0.2, 0.25) is 0 Å². The molecular formula is C10H12BrF2N. The van der Waals surface area contributed by atoms with E-state index in [9.17, 15) is 8.78 Å². The Hall–Kier alpha value is -0.480. The van der Waals surface area contributed by atoms with Gasteiger partial charge in [0.2, 0.25) is 6.43 Å². The minimum absolute atomic E-state index is 0.0419. The van der Waals surface area contributed by atoms with Crippen LogP contribution in [0, 0.1) is 6.92 Å². The van der Waals surface area contributed by atoms with E-state index in [0.29, 0.717) is 10.0 Å². The Balaban J connectivity index is 3.08. The summed E-state index contributed by atoms with van der Waals surface area (Å²) in [5, 5.41) is 0. The molecule has 0 saturated heterocycles. The van der Waals surface area contributed by atoms with Crippen molar-refractivity contribution in [3.63, 3.8) is 0 Å². The Kier molecular flexibility index (Phi) is 4.01. The molecule has 2 N–H and O–H groups in total. The highest BCUT2D eigenvalue weighted by Gasteiger charge is 2.22. The molecule has 0 bridgehead atoms. The third-order valence-corrected chi connectivity index (χ3v) is 2.83. The molecule has 14 heavy (non-hydrogen) atoms. The molecule has 0 heterocycles. The first-order valence-electron chi connectivity index (χ1n) is 4.30. The van der Waals surface area contributed by atoms with Gasteiger partial charge in [0.05, 0.1) is 5.92 Å². The predicted octanol–water partition coefficient (Wildman–Crippen LogP) is 3.06. The molecule has 0 aliphatic heterocycles. The van der Waals surface area contributed by atoms with Crippen molar-refractivity contribution in [1.82, 2.24) is 0 Å². The minimum Gasteiger partial charge on any atom is -0.330 e. The van der Waals surface area contributed by atoms with E-state index in [1.807, 2.05) is 13.0 Å². The first kappa shape index (κ1) is 11.6. The molecule has 1 rings (SSSR count). The van der Waals surface area contributed by atoms with Crippen molar-refractivity contribution in [2.24, 2.45) is 5.73 Å². The Bertz CT molecular complexity index is 315. The van der Waals surface area contributed by atoms with Crippen LogP contribution >= 0.6 is 15.9 Å². The van der Waals surface area contributed by atoms with Gasteiger partial charge in [-0.15, -0.1) is 0 Å². The number of hydrogen-bond donors (Lipinski definition) is 1. The van der Waals surface area contributed by atoms with E-state index >= 15 is 0 Å². The van der Waals surface area contributed by atoms with Crippen molar-refractivity contribution < 1.29 is 8.78 Å². The molecule has 0 aliphatic carbocycles. The van der Waals surface area contributed by atoms with Gasteiger partial charge in [0.15, 0.2) is 0 Å². The van der Waals surface area contributed by atoms with E-state index in [2.05, 4.69) is 15.9 Å². The fourth-order valence-corrected chi connectivity index (χ4v) is 1.85. The molecule has 78 valence electrons. The van der Waals surface area contributed by atoms with Crippen LogP contribution in [0.15, 0.2) is 22.7 Å². The fraction of sp³-hybridized carbons (Fsp3) is 0.400. The van der Waals surface area contributed by atoms with Crippen LogP contribution < -0.4 is 5.73 Å². The summed E-state index contributed by atoms with van der Waals surface area (Å²) in [6.07, 6.45) is -2.42. The van der Waals surface area contributed by atoms with Gasteiger partial charge in [-0.2, -0.15) is 0 Å². The summed E-state index contributed by atoms with van der Waals surface area (Å²) in [6.45, 7) is 1.83. The van der Waals surface area contributed by atoms with Crippen LogP contribution in [-0.2, 0) is 0 Å². The Morgan fingerprint density at radius 1 is 1.43 bits per heavy atom. The first-order valence-corrected chi connectivity index (χ1v) is 5.09. The Morgan fingerprint density at radius 2 is 2.07 bits per heavy atom. The summed E-state index contributed by atoms with van der Waals surface area (Å²) in [5.41, 5.74) is 6.87. The number of nitrogens with two attached hydrogens (primary N) is 1. The van der Waals surface area contributed by atoms with Gasteiger partial charge in [-0.25, -0.2) is 8.78 Å². The maximum atomic E-state index is 12.6. The average Bonchev–Trinajstić information content (AvgIpc) is 2.11. The largest absolute Gasteiger partial charge is 0.330 e. The van der Waals surface area contributed by atoms with E-state index < -0.39 is 12.3 Å². The van der Waals surface area contributed by atoms with Gasteiger partial charge in [-0.05, 0) is 18.6 Å². The third-order valence-electron chi connectivity index (χ3n) is 2.11. The first-order chi connectivity index (χ1) is 6.56. The molecule has 0 radical (unpaired) electrons. The van der Waals surface area contributed by atoms with Crippen LogP contribution in [0.3, 0.4) is 0 Å². The van der Waals surface area contributed by atoms with Crippen molar-refractivity contribution >= 4 is 15.9 Å². The molecule has 0 amide bonds. The van der Waals surface area contributed by atoms with Gasteiger partial charge in [0.1, 0.15) is 0 Å². The fourth-order valence-electron chi connectivity index (χ4n) is 1.31. The summed E-state index contributed by atoms with van der Waals surface area (Å²) >= 11 is 3.25. The highest BCUT2D eigenvalue weighted by molar-refractivity contribution is 9.10. The van der Waals surface area contributed by atoms with Gasteiger partial charge in [-0.3, -0.25) is 0 Å². The van der Waals surface area contributed by atoms with Crippen LogP contribution in [0.1, 0.15) is 17.0 Å². The predicted molar refractivity (Wildman–Crippen MR) is 56.7 cm³/mol. The van der Waals surface area contributed by atoms with Crippen LogP contribution in [-0.4, -0.2) is 13.0 Å². The molecule has 0 saturated carbocycles. The highest BCUT2D eigenvalue weighted by Crippen LogP contribution is 2.29. The number of alkyl halides is 2. The van der Waals surface area contributed by atoms with Crippen LogP contribution in [0.5, 0.6) is 0 Å². The lowest BCUT2D eigenvalue weighted by molar-refractivity contribution is 0.117. The van der Waals surface area contributed by atoms with Crippen molar-refractivity contribution in [3.05, 3.63) is 33.8 Å².